The molecule has 4 unspecified atom stereocenters. The van der Waals surface area contributed by atoms with Crippen LogP contribution in [0.25, 0.3) is 0 Å². The molecule has 4 rings (SSSR count). The molecule has 3 heterocycles. The van der Waals surface area contributed by atoms with Gasteiger partial charge < -0.3 is 33.9 Å². The first kappa shape index (κ1) is 19.1. The molecule has 150 valence electrons. The molecule has 0 bridgehead atoms. The summed E-state index contributed by atoms with van der Waals surface area (Å²) in [6.07, 6.45) is 3.10. The third-order valence-corrected chi connectivity index (χ3v) is 6.30. The van der Waals surface area contributed by atoms with E-state index < -0.39 is 42.3 Å². The molecular weight excluding hydrogens is 340 g/mol. The maximum absolute atomic E-state index is 10.4. The second-order valence-corrected chi connectivity index (χ2v) is 8.10. The van der Waals surface area contributed by atoms with Gasteiger partial charge in [0.15, 0.2) is 17.9 Å². The molecule has 7 atom stereocenters. The van der Waals surface area contributed by atoms with Crippen molar-refractivity contribution < 1.29 is 33.9 Å². The topological polar surface area (TPSA) is 86.6 Å². The van der Waals surface area contributed by atoms with Crippen LogP contribution in [-0.2, 0) is 23.7 Å². The first-order valence-electron chi connectivity index (χ1n) is 10.2. The van der Waals surface area contributed by atoms with Gasteiger partial charge in [-0.15, -0.1) is 0 Å². The van der Waals surface area contributed by atoms with Gasteiger partial charge >= 0.3 is 0 Å². The van der Waals surface area contributed by atoms with Crippen LogP contribution in [0.15, 0.2) is 0 Å². The largest absolute Gasteiger partial charge is 0.385 e. The van der Waals surface area contributed by atoms with Gasteiger partial charge in [0.2, 0.25) is 0 Å². The van der Waals surface area contributed by atoms with E-state index in [0.29, 0.717) is 13.0 Å². The van der Waals surface area contributed by atoms with Gasteiger partial charge in [-0.25, -0.2) is 0 Å². The Kier molecular flexibility index (Phi) is 5.33. The molecule has 26 heavy (non-hydrogen) atoms. The normalized spacial score (nSPS) is 48.0. The number of ether oxygens (including phenoxy) is 5. The van der Waals surface area contributed by atoms with Crippen LogP contribution in [0.2, 0.25) is 0 Å². The molecule has 0 radical (unpaired) electrons. The van der Waals surface area contributed by atoms with E-state index in [9.17, 15) is 10.2 Å². The van der Waals surface area contributed by atoms with E-state index in [0.717, 1.165) is 38.5 Å². The highest BCUT2D eigenvalue weighted by Gasteiger charge is 2.60. The molecule has 4 fully saturated rings. The van der Waals surface area contributed by atoms with E-state index in [1.54, 1.807) is 0 Å². The van der Waals surface area contributed by atoms with Crippen molar-refractivity contribution in [2.45, 2.75) is 114 Å². The lowest BCUT2D eigenvalue weighted by atomic mass is 9.94. The van der Waals surface area contributed by atoms with Crippen LogP contribution in [0.5, 0.6) is 0 Å². The molecular formula is C19H32O7. The Hall–Kier alpha value is -0.280. The number of aliphatic hydroxyl groups is 2. The number of hydrogen-bond donors (Lipinski definition) is 2. The molecule has 0 aromatic rings. The molecule has 1 saturated carbocycles. The van der Waals surface area contributed by atoms with Gasteiger partial charge in [0.1, 0.15) is 30.5 Å². The predicted octanol–water partition coefficient (Wildman–Crippen LogP) is 1.83. The molecule has 2 N–H and O–H groups in total. The summed E-state index contributed by atoms with van der Waals surface area (Å²) in [5.74, 6) is -1.26. The molecule has 1 aliphatic carbocycles. The van der Waals surface area contributed by atoms with Crippen LogP contribution in [0, 0.1) is 0 Å². The van der Waals surface area contributed by atoms with E-state index >= 15 is 0 Å². The van der Waals surface area contributed by atoms with Crippen molar-refractivity contribution >= 4 is 0 Å². The summed E-state index contributed by atoms with van der Waals surface area (Å²) in [7, 11) is 0. The van der Waals surface area contributed by atoms with Crippen molar-refractivity contribution in [1.82, 2.24) is 0 Å². The Bertz CT molecular complexity index is 494. The fourth-order valence-electron chi connectivity index (χ4n) is 4.89. The molecule has 7 heteroatoms. The predicted molar refractivity (Wildman–Crippen MR) is 91.2 cm³/mol. The molecule has 3 aliphatic heterocycles. The summed E-state index contributed by atoms with van der Waals surface area (Å²) in [6.45, 7) is 4.50. The highest BCUT2D eigenvalue weighted by molar-refractivity contribution is 5.01. The standard InChI is InChI=1S/C19H32O7/c1-3-8-18(4-2)25-15-13(20)17(21)23-14(16(15)26-18)12-11-22-19(24-12)9-6-5-7-10-19/h12-17,20-21H,3-11H2,1-2H3/t12-,13?,14+,15?,16?,17-,18?/m1/s1. The number of hydrogen-bond acceptors (Lipinski definition) is 7. The molecule has 0 aromatic heterocycles. The Balaban J connectivity index is 1.52. The monoisotopic (exact) mass is 372 g/mol. The average Bonchev–Trinajstić information content (AvgIpc) is 3.22. The second-order valence-electron chi connectivity index (χ2n) is 8.10. The Morgan fingerprint density at radius 3 is 2.35 bits per heavy atom. The maximum atomic E-state index is 10.4. The van der Waals surface area contributed by atoms with Gasteiger partial charge in [-0.2, -0.15) is 0 Å². The van der Waals surface area contributed by atoms with Crippen LogP contribution in [0.3, 0.4) is 0 Å². The third-order valence-electron chi connectivity index (χ3n) is 6.30. The van der Waals surface area contributed by atoms with Crippen molar-refractivity contribution in [3.8, 4) is 0 Å². The van der Waals surface area contributed by atoms with Crippen molar-refractivity contribution in [2.75, 3.05) is 6.61 Å². The highest BCUT2D eigenvalue weighted by Crippen LogP contribution is 2.45. The minimum Gasteiger partial charge on any atom is -0.385 e. The summed E-state index contributed by atoms with van der Waals surface area (Å²) in [5.41, 5.74) is 0. The van der Waals surface area contributed by atoms with Crippen LogP contribution in [-0.4, -0.2) is 65.2 Å². The van der Waals surface area contributed by atoms with Crippen LogP contribution in [0.1, 0.15) is 65.2 Å². The van der Waals surface area contributed by atoms with Gasteiger partial charge in [-0.1, -0.05) is 26.7 Å². The molecule has 3 saturated heterocycles. The summed E-state index contributed by atoms with van der Waals surface area (Å²) < 4.78 is 30.5. The lowest BCUT2D eigenvalue weighted by Gasteiger charge is -2.40. The number of aliphatic hydroxyl groups excluding tert-OH is 2. The van der Waals surface area contributed by atoms with Gasteiger partial charge in [0.05, 0.1) is 6.61 Å². The summed E-state index contributed by atoms with van der Waals surface area (Å²) >= 11 is 0. The smallest absolute Gasteiger partial charge is 0.184 e. The maximum Gasteiger partial charge on any atom is 0.184 e. The summed E-state index contributed by atoms with van der Waals surface area (Å²) in [6, 6.07) is 0. The third kappa shape index (κ3) is 3.21. The van der Waals surface area contributed by atoms with Crippen LogP contribution < -0.4 is 0 Å². The van der Waals surface area contributed by atoms with Gasteiger partial charge in [0.25, 0.3) is 0 Å². The molecule has 1 spiro atoms. The van der Waals surface area contributed by atoms with Crippen LogP contribution >= 0.6 is 0 Å². The van der Waals surface area contributed by atoms with E-state index in [2.05, 4.69) is 6.92 Å². The Morgan fingerprint density at radius 1 is 0.923 bits per heavy atom. The molecule has 0 aromatic carbocycles. The highest BCUT2D eigenvalue weighted by atomic mass is 16.8. The number of rotatable bonds is 4. The molecule has 7 nitrogen and oxygen atoms in total. The Morgan fingerprint density at radius 2 is 1.65 bits per heavy atom. The zero-order valence-corrected chi connectivity index (χ0v) is 15.8. The lowest BCUT2D eigenvalue weighted by molar-refractivity contribution is -0.284. The quantitative estimate of drug-likeness (QED) is 0.778. The number of fused-ring (bicyclic) bond motifs is 1. The van der Waals surface area contributed by atoms with Gasteiger partial charge in [-0.3, -0.25) is 0 Å². The van der Waals surface area contributed by atoms with E-state index in [1.807, 2.05) is 6.92 Å². The first-order chi connectivity index (χ1) is 12.5. The Labute approximate surface area is 154 Å². The van der Waals surface area contributed by atoms with Gasteiger partial charge in [0, 0.05) is 19.3 Å². The van der Waals surface area contributed by atoms with Crippen molar-refractivity contribution in [3.05, 3.63) is 0 Å². The fraction of sp³-hybridized carbons (Fsp3) is 1.00. The van der Waals surface area contributed by atoms with Crippen molar-refractivity contribution in [2.24, 2.45) is 0 Å². The average molecular weight is 372 g/mol. The first-order valence-corrected chi connectivity index (χ1v) is 10.2. The second kappa shape index (κ2) is 7.28. The van der Waals surface area contributed by atoms with E-state index in [4.69, 9.17) is 23.7 Å². The van der Waals surface area contributed by atoms with E-state index in [-0.39, 0.29) is 6.10 Å². The van der Waals surface area contributed by atoms with Crippen molar-refractivity contribution in [1.29, 1.82) is 0 Å². The summed E-state index contributed by atoms with van der Waals surface area (Å²) in [5, 5.41) is 20.6. The SMILES string of the molecule is CCCC1(CC)OC2C(O)[C@H](O)O[C@@H]([C@H]3COC4(CCCCC4)O3)C2O1. The molecule has 0 amide bonds. The fourth-order valence-corrected chi connectivity index (χ4v) is 4.89. The van der Waals surface area contributed by atoms with Crippen LogP contribution in [0.4, 0.5) is 0 Å². The van der Waals surface area contributed by atoms with Gasteiger partial charge in [-0.05, 0) is 19.3 Å². The van der Waals surface area contributed by atoms with Crippen molar-refractivity contribution in [3.63, 3.8) is 0 Å². The van der Waals surface area contributed by atoms with E-state index in [1.165, 1.54) is 6.42 Å². The zero-order valence-electron chi connectivity index (χ0n) is 15.8. The minimum atomic E-state index is -1.31. The zero-order chi connectivity index (χ0) is 18.4. The molecule has 4 aliphatic rings. The minimum absolute atomic E-state index is 0.333. The summed E-state index contributed by atoms with van der Waals surface area (Å²) in [4.78, 5) is 0. The lowest BCUT2D eigenvalue weighted by Crippen LogP contribution is -2.60.